The van der Waals surface area contributed by atoms with Gasteiger partial charge in [0.05, 0.1) is 21.3 Å². The quantitative estimate of drug-likeness (QED) is 0.708. The minimum Gasteiger partial charge on any atom is -0.496 e. The SMILES string of the molecule is COC(=O)c1ccccc1OCc1cc(CC(N)C(=O)OC)ccc1OC. The van der Waals surface area contributed by atoms with Gasteiger partial charge in [0.25, 0.3) is 0 Å². The first-order valence-electron chi connectivity index (χ1n) is 8.29. The van der Waals surface area contributed by atoms with Crippen LogP contribution in [0.5, 0.6) is 11.5 Å². The van der Waals surface area contributed by atoms with Gasteiger partial charge in [-0.15, -0.1) is 0 Å². The van der Waals surface area contributed by atoms with Crippen molar-refractivity contribution in [2.45, 2.75) is 19.1 Å². The van der Waals surface area contributed by atoms with Crippen LogP contribution < -0.4 is 15.2 Å². The highest BCUT2D eigenvalue weighted by atomic mass is 16.5. The first-order valence-corrected chi connectivity index (χ1v) is 8.29. The second-order valence-corrected chi connectivity index (χ2v) is 5.76. The third-order valence-corrected chi connectivity index (χ3v) is 3.98. The summed E-state index contributed by atoms with van der Waals surface area (Å²) >= 11 is 0. The Bertz CT molecular complexity index is 805. The van der Waals surface area contributed by atoms with Gasteiger partial charge in [-0.2, -0.15) is 0 Å². The van der Waals surface area contributed by atoms with Crippen LogP contribution in [0.25, 0.3) is 0 Å². The van der Waals surface area contributed by atoms with Crippen molar-refractivity contribution in [3.8, 4) is 11.5 Å². The number of ether oxygens (including phenoxy) is 4. The Morgan fingerprint density at radius 3 is 2.41 bits per heavy atom. The Labute approximate surface area is 158 Å². The molecule has 144 valence electrons. The summed E-state index contributed by atoms with van der Waals surface area (Å²) in [6.07, 6.45) is 0.322. The molecule has 7 heteroatoms. The number of hydrogen-bond acceptors (Lipinski definition) is 7. The first-order chi connectivity index (χ1) is 13.0. The van der Waals surface area contributed by atoms with Crippen LogP contribution in [0.2, 0.25) is 0 Å². The summed E-state index contributed by atoms with van der Waals surface area (Å²) in [7, 11) is 4.17. The number of esters is 2. The predicted molar refractivity (Wildman–Crippen MR) is 98.8 cm³/mol. The van der Waals surface area contributed by atoms with E-state index in [-0.39, 0.29) is 6.61 Å². The lowest BCUT2D eigenvalue weighted by Crippen LogP contribution is -2.33. The van der Waals surface area contributed by atoms with Crippen LogP contribution in [-0.2, 0) is 27.3 Å². The largest absolute Gasteiger partial charge is 0.496 e. The maximum Gasteiger partial charge on any atom is 0.341 e. The van der Waals surface area contributed by atoms with Crippen LogP contribution in [-0.4, -0.2) is 39.3 Å². The normalized spacial score (nSPS) is 11.4. The fourth-order valence-corrected chi connectivity index (χ4v) is 2.59. The Morgan fingerprint density at radius 2 is 1.74 bits per heavy atom. The highest BCUT2D eigenvalue weighted by Crippen LogP contribution is 2.25. The zero-order chi connectivity index (χ0) is 19.8. The summed E-state index contributed by atoms with van der Waals surface area (Å²) in [6, 6.07) is 11.5. The highest BCUT2D eigenvalue weighted by Gasteiger charge is 2.16. The Kier molecular flexibility index (Phi) is 7.19. The molecule has 2 aromatic rings. The molecule has 0 saturated heterocycles. The fraction of sp³-hybridized carbons (Fsp3) is 0.300. The lowest BCUT2D eigenvalue weighted by Gasteiger charge is -2.15. The van der Waals surface area contributed by atoms with E-state index in [9.17, 15) is 9.59 Å². The van der Waals surface area contributed by atoms with Crippen molar-refractivity contribution < 1.29 is 28.5 Å². The smallest absolute Gasteiger partial charge is 0.341 e. The molecular weight excluding hydrogens is 350 g/mol. The number of methoxy groups -OCH3 is 3. The highest BCUT2D eigenvalue weighted by molar-refractivity contribution is 5.92. The van der Waals surface area contributed by atoms with Crippen LogP contribution in [0.1, 0.15) is 21.5 Å². The summed E-state index contributed by atoms with van der Waals surface area (Å²) < 4.78 is 20.6. The standard InChI is InChI=1S/C20H23NO6/c1-24-17-9-8-13(11-16(21)20(23)26-3)10-14(17)12-27-18-7-5-4-6-15(18)19(22)25-2/h4-10,16H,11-12,21H2,1-3H3. The van der Waals surface area contributed by atoms with Crippen LogP contribution in [0.15, 0.2) is 42.5 Å². The van der Waals surface area contributed by atoms with Gasteiger partial charge in [0.2, 0.25) is 0 Å². The first kappa shape index (κ1) is 20.3. The second-order valence-electron chi connectivity index (χ2n) is 5.76. The topological polar surface area (TPSA) is 97.1 Å². The van der Waals surface area contributed by atoms with E-state index in [4.69, 9.17) is 19.9 Å². The van der Waals surface area contributed by atoms with Gasteiger partial charge in [0, 0.05) is 5.56 Å². The molecule has 2 aromatic carbocycles. The van der Waals surface area contributed by atoms with E-state index in [1.165, 1.54) is 14.2 Å². The summed E-state index contributed by atoms with van der Waals surface area (Å²) in [5.41, 5.74) is 7.76. The molecule has 0 fully saturated rings. The molecule has 0 saturated carbocycles. The van der Waals surface area contributed by atoms with Gasteiger partial charge < -0.3 is 24.7 Å². The van der Waals surface area contributed by atoms with Gasteiger partial charge in [-0.25, -0.2) is 4.79 Å². The number of nitrogens with two attached hydrogens (primary N) is 1. The molecule has 27 heavy (non-hydrogen) atoms. The van der Waals surface area contributed by atoms with Gasteiger partial charge >= 0.3 is 11.9 Å². The van der Waals surface area contributed by atoms with E-state index in [0.717, 1.165) is 11.1 Å². The van der Waals surface area contributed by atoms with Crippen molar-refractivity contribution in [3.05, 3.63) is 59.2 Å². The molecule has 2 rings (SSSR count). The van der Waals surface area contributed by atoms with Crippen molar-refractivity contribution >= 4 is 11.9 Å². The van der Waals surface area contributed by atoms with Crippen LogP contribution in [0.3, 0.4) is 0 Å². The van der Waals surface area contributed by atoms with Crippen molar-refractivity contribution in [2.75, 3.05) is 21.3 Å². The molecular formula is C20H23NO6. The molecule has 0 heterocycles. The molecule has 0 aliphatic heterocycles. The van der Waals surface area contributed by atoms with E-state index >= 15 is 0 Å². The lowest BCUT2D eigenvalue weighted by molar-refractivity contribution is -0.142. The summed E-state index contributed by atoms with van der Waals surface area (Å²) in [5.74, 6) is 0.0787. The van der Waals surface area contributed by atoms with Crippen LogP contribution in [0, 0.1) is 0 Å². The van der Waals surface area contributed by atoms with E-state index < -0.39 is 18.0 Å². The minimum atomic E-state index is -0.753. The molecule has 0 amide bonds. The number of rotatable bonds is 8. The van der Waals surface area contributed by atoms with Gasteiger partial charge in [0.1, 0.15) is 29.7 Å². The zero-order valence-electron chi connectivity index (χ0n) is 15.6. The fourth-order valence-electron chi connectivity index (χ4n) is 2.59. The minimum absolute atomic E-state index is 0.165. The van der Waals surface area contributed by atoms with E-state index in [2.05, 4.69) is 4.74 Å². The Morgan fingerprint density at radius 1 is 1.00 bits per heavy atom. The summed E-state index contributed by atoms with van der Waals surface area (Å²) in [4.78, 5) is 23.4. The summed E-state index contributed by atoms with van der Waals surface area (Å²) in [5, 5.41) is 0. The molecule has 0 aliphatic carbocycles. The lowest BCUT2D eigenvalue weighted by atomic mass is 10.0. The number of benzene rings is 2. The Balaban J connectivity index is 2.19. The maximum atomic E-state index is 11.9. The monoisotopic (exact) mass is 373 g/mol. The summed E-state index contributed by atoms with van der Waals surface area (Å²) in [6.45, 7) is 0.165. The third kappa shape index (κ3) is 5.21. The third-order valence-electron chi connectivity index (χ3n) is 3.98. The second kappa shape index (κ2) is 9.59. The van der Waals surface area contributed by atoms with Crippen molar-refractivity contribution in [3.63, 3.8) is 0 Å². The van der Waals surface area contributed by atoms with Crippen molar-refractivity contribution in [1.29, 1.82) is 0 Å². The molecule has 0 spiro atoms. The van der Waals surface area contributed by atoms with Gasteiger partial charge in [0.15, 0.2) is 0 Å². The van der Waals surface area contributed by atoms with Crippen LogP contribution in [0.4, 0.5) is 0 Å². The van der Waals surface area contributed by atoms with E-state index in [0.29, 0.717) is 23.5 Å². The number of para-hydroxylation sites is 1. The molecule has 1 atom stereocenters. The number of carbonyl (C=O) groups excluding carboxylic acids is 2. The van der Waals surface area contributed by atoms with Gasteiger partial charge in [-0.3, -0.25) is 4.79 Å². The number of hydrogen-bond donors (Lipinski definition) is 1. The van der Waals surface area contributed by atoms with E-state index in [1.807, 2.05) is 12.1 Å². The molecule has 0 bridgehead atoms. The molecule has 7 nitrogen and oxygen atoms in total. The van der Waals surface area contributed by atoms with Gasteiger partial charge in [-0.05, 0) is 36.2 Å². The predicted octanol–water partition coefficient (Wildman–Crippen LogP) is 2.10. The van der Waals surface area contributed by atoms with Crippen molar-refractivity contribution in [2.24, 2.45) is 5.73 Å². The average Bonchev–Trinajstić information content (AvgIpc) is 2.71. The molecule has 2 N–H and O–H groups in total. The van der Waals surface area contributed by atoms with Gasteiger partial charge in [-0.1, -0.05) is 18.2 Å². The molecule has 0 aromatic heterocycles. The maximum absolute atomic E-state index is 11.9. The zero-order valence-corrected chi connectivity index (χ0v) is 15.6. The van der Waals surface area contributed by atoms with Crippen molar-refractivity contribution in [1.82, 2.24) is 0 Å². The average molecular weight is 373 g/mol. The molecule has 0 aliphatic rings. The Hall–Kier alpha value is -3.06. The van der Waals surface area contributed by atoms with Crippen LogP contribution >= 0.6 is 0 Å². The number of carbonyl (C=O) groups is 2. The molecule has 1 unspecified atom stereocenters. The van der Waals surface area contributed by atoms with E-state index in [1.54, 1.807) is 37.4 Å². The molecule has 0 radical (unpaired) electrons.